The van der Waals surface area contributed by atoms with Gasteiger partial charge in [0.25, 0.3) is 0 Å². The molecule has 0 saturated carbocycles. The average Bonchev–Trinajstić information content (AvgIpc) is 2.51. The molecule has 0 aliphatic carbocycles. The summed E-state index contributed by atoms with van der Waals surface area (Å²) in [5.41, 5.74) is 4.21. The number of aromatic nitrogens is 2. The van der Waals surface area contributed by atoms with Crippen LogP contribution in [0.1, 0.15) is 37.8 Å². The Morgan fingerprint density at radius 1 is 1.00 bits per heavy atom. The van der Waals surface area contributed by atoms with Crippen molar-refractivity contribution in [3.8, 4) is 23.7 Å². The summed E-state index contributed by atoms with van der Waals surface area (Å²) in [6, 6.07) is 8.16. The van der Waals surface area contributed by atoms with E-state index in [1.807, 2.05) is 51.4 Å². The summed E-state index contributed by atoms with van der Waals surface area (Å²) >= 11 is 0. The third-order valence-electron chi connectivity index (χ3n) is 2.79. The Morgan fingerprint density at radius 2 is 1.65 bits per heavy atom. The van der Waals surface area contributed by atoms with Gasteiger partial charge in [0.2, 0.25) is 0 Å². The summed E-state index contributed by atoms with van der Waals surface area (Å²) in [4.78, 5) is 8.81. The molecule has 0 aliphatic heterocycles. The molecule has 0 amide bonds. The minimum Gasteiger partial charge on any atom is -0.254 e. The highest BCUT2D eigenvalue weighted by molar-refractivity contribution is 5.53. The van der Waals surface area contributed by atoms with E-state index in [0.29, 0.717) is 0 Å². The van der Waals surface area contributed by atoms with E-state index in [2.05, 4.69) is 22.0 Å². The summed E-state index contributed by atoms with van der Waals surface area (Å²) in [5, 5.41) is 0. The fourth-order valence-corrected chi connectivity index (χ4v) is 1.74. The van der Waals surface area contributed by atoms with E-state index in [1.165, 1.54) is 5.56 Å². The van der Waals surface area contributed by atoms with Gasteiger partial charge in [-0.15, -0.1) is 12.3 Å². The standard InChI is InChI=1S/C16H16N2.C2H6/c1-3-4-5-6-14-8-10-16(18-12-14)15-9-7-13(2)11-17-15;1-2/h1,7-12H,4-6H2,2H3;1-2H3. The average molecular weight is 266 g/mol. The molecule has 0 bridgehead atoms. The van der Waals surface area contributed by atoms with Crippen LogP contribution >= 0.6 is 0 Å². The van der Waals surface area contributed by atoms with Gasteiger partial charge < -0.3 is 0 Å². The van der Waals surface area contributed by atoms with E-state index >= 15 is 0 Å². The maximum Gasteiger partial charge on any atom is 0.0886 e. The fourth-order valence-electron chi connectivity index (χ4n) is 1.74. The Bertz CT molecular complexity index is 533. The normalized spacial score (nSPS) is 9.30. The number of aryl methyl sites for hydroxylation is 2. The number of pyridine rings is 2. The number of hydrogen-bond acceptors (Lipinski definition) is 2. The van der Waals surface area contributed by atoms with Gasteiger partial charge in [-0.2, -0.15) is 0 Å². The van der Waals surface area contributed by atoms with Gasteiger partial charge in [-0.1, -0.05) is 26.0 Å². The lowest BCUT2D eigenvalue weighted by Gasteiger charge is -2.03. The van der Waals surface area contributed by atoms with Gasteiger partial charge >= 0.3 is 0 Å². The number of rotatable bonds is 4. The molecule has 0 N–H and O–H groups in total. The zero-order valence-corrected chi connectivity index (χ0v) is 12.6. The minimum atomic E-state index is 0.821. The first-order chi connectivity index (χ1) is 9.79. The summed E-state index contributed by atoms with van der Waals surface area (Å²) < 4.78 is 0. The summed E-state index contributed by atoms with van der Waals surface area (Å²) in [5.74, 6) is 2.65. The van der Waals surface area contributed by atoms with Crippen LogP contribution in [-0.4, -0.2) is 9.97 Å². The molecule has 0 fully saturated rings. The van der Waals surface area contributed by atoms with E-state index in [1.54, 1.807) is 0 Å². The van der Waals surface area contributed by atoms with Crippen LogP contribution < -0.4 is 0 Å². The predicted molar refractivity (Wildman–Crippen MR) is 85.3 cm³/mol. The second-order valence-corrected chi connectivity index (χ2v) is 4.33. The van der Waals surface area contributed by atoms with Crippen molar-refractivity contribution >= 4 is 0 Å². The van der Waals surface area contributed by atoms with Gasteiger partial charge in [-0.25, -0.2) is 0 Å². The molecule has 2 heterocycles. The molecule has 2 nitrogen and oxygen atoms in total. The molecule has 0 spiro atoms. The molecule has 2 heteroatoms. The van der Waals surface area contributed by atoms with Crippen molar-refractivity contribution in [3.63, 3.8) is 0 Å². The highest BCUT2D eigenvalue weighted by Gasteiger charge is 2.00. The Labute approximate surface area is 122 Å². The van der Waals surface area contributed by atoms with Crippen LogP contribution in [0.15, 0.2) is 36.7 Å². The highest BCUT2D eigenvalue weighted by atomic mass is 14.8. The van der Waals surface area contributed by atoms with Crippen LogP contribution in [0, 0.1) is 19.3 Å². The molecule has 104 valence electrons. The zero-order chi connectivity index (χ0) is 14.8. The molecule has 0 unspecified atom stereocenters. The first kappa shape index (κ1) is 15.9. The Kier molecular flexibility index (Phi) is 7.06. The van der Waals surface area contributed by atoms with Crippen LogP contribution in [0.25, 0.3) is 11.4 Å². The Balaban J connectivity index is 0.000000956. The van der Waals surface area contributed by atoms with Crippen molar-refractivity contribution in [2.75, 3.05) is 0 Å². The molecule has 2 aromatic rings. The Hall–Kier alpha value is -2.14. The van der Waals surface area contributed by atoms with Gasteiger partial charge in [0.05, 0.1) is 11.4 Å². The number of hydrogen-bond donors (Lipinski definition) is 0. The maximum absolute atomic E-state index is 5.23. The van der Waals surface area contributed by atoms with E-state index in [9.17, 15) is 0 Å². The van der Waals surface area contributed by atoms with E-state index in [0.717, 1.165) is 36.2 Å². The molecule has 2 aromatic heterocycles. The lowest BCUT2D eigenvalue weighted by Crippen LogP contribution is -1.91. The molecule has 0 saturated heterocycles. The van der Waals surface area contributed by atoms with E-state index in [4.69, 9.17) is 6.42 Å². The number of unbranched alkanes of at least 4 members (excludes halogenated alkanes) is 1. The van der Waals surface area contributed by atoms with Crippen LogP contribution in [0.2, 0.25) is 0 Å². The SMILES string of the molecule is C#CCCCc1ccc(-c2ccc(C)cn2)nc1.CC. The zero-order valence-electron chi connectivity index (χ0n) is 12.6. The molecule has 20 heavy (non-hydrogen) atoms. The molecule has 0 atom stereocenters. The molecule has 2 rings (SSSR count). The molecule has 0 aromatic carbocycles. The van der Waals surface area contributed by atoms with Crippen LogP contribution in [0.4, 0.5) is 0 Å². The van der Waals surface area contributed by atoms with Crippen molar-refractivity contribution in [1.82, 2.24) is 9.97 Å². The third-order valence-corrected chi connectivity index (χ3v) is 2.79. The molecular formula is C18H22N2. The van der Waals surface area contributed by atoms with Crippen molar-refractivity contribution in [1.29, 1.82) is 0 Å². The quantitative estimate of drug-likeness (QED) is 0.604. The smallest absolute Gasteiger partial charge is 0.0886 e. The highest BCUT2D eigenvalue weighted by Crippen LogP contribution is 2.15. The Morgan fingerprint density at radius 3 is 2.15 bits per heavy atom. The largest absolute Gasteiger partial charge is 0.254 e. The van der Waals surface area contributed by atoms with Crippen LogP contribution in [-0.2, 0) is 6.42 Å². The first-order valence-electron chi connectivity index (χ1n) is 7.11. The minimum absolute atomic E-state index is 0.821. The lowest BCUT2D eigenvalue weighted by atomic mass is 10.1. The second kappa shape index (κ2) is 8.87. The van der Waals surface area contributed by atoms with Gasteiger partial charge in [0.15, 0.2) is 0 Å². The number of terminal acetylenes is 1. The summed E-state index contributed by atoms with van der Waals surface area (Å²) in [6.45, 7) is 6.03. The van der Waals surface area contributed by atoms with Gasteiger partial charge in [0.1, 0.15) is 0 Å². The van der Waals surface area contributed by atoms with Gasteiger partial charge in [-0.05, 0) is 43.0 Å². The fraction of sp³-hybridized carbons (Fsp3) is 0.333. The maximum atomic E-state index is 5.23. The summed E-state index contributed by atoms with van der Waals surface area (Å²) in [7, 11) is 0. The summed E-state index contributed by atoms with van der Waals surface area (Å²) in [6.07, 6.45) is 11.8. The van der Waals surface area contributed by atoms with Crippen molar-refractivity contribution in [2.24, 2.45) is 0 Å². The van der Waals surface area contributed by atoms with Gasteiger partial charge in [0, 0.05) is 18.8 Å². The molecule has 0 aliphatic rings. The van der Waals surface area contributed by atoms with Gasteiger partial charge in [-0.3, -0.25) is 9.97 Å². The monoisotopic (exact) mass is 266 g/mol. The van der Waals surface area contributed by atoms with E-state index in [-0.39, 0.29) is 0 Å². The van der Waals surface area contributed by atoms with Crippen molar-refractivity contribution in [3.05, 3.63) is 47.8 Å². The first-order valence-corrected chi connectivity index (χ1v) is 7.11. The predicted octanol–water partition coefficient (Wildman–Crippen LogP) is 4.43. The third kappa shape index (κ3) is 4.85. The molecular weight excluding hydrogens is 244 g/mol. The van der Waals surface area contributed by atoms with Crippen molar-refractivity contribution in [2.45, 2.75) is 40.0 Å². The molecule has 0 radical (unpaired) electrons. The number of nitrogens with zero attached hydrogens (tertiary/aromatic N) is 2. The van der Waals surface area contributed by atoms with E-state index < -0.39 is 0 Å². The van der Waals surface area contributed by atoms with Crippen LogP contribution in [0.5, 0.6) is 0 Å². The lowest BCUT2D eigenvalue weighted by molar-refractivity contribution is 0.853. The second-order valence-electron chi connectivity index (χ2n) is 4.33. The topological polar surface area (TPSA) is 25.8 Å². The van der Waals surface area contributed by atoms with Crippen LogP contribution in [0.3, 0.4) is 0 Å². The van der Waals surface area contributed by atoms with Crippen molar-refractivity contribution < 1.29 is 0 Å².